The number of pyridine rings is 4. The van der Waals surface area contributed by atoms with E-state index in [1.54, 1.807) is 55.4 Å². The van der Waals surface area contributed by atoms with Gasteiger partial charge in [0.2, 0.25) is 23.5 Å². The second kappa shape index (κ2) is 43.9. The third-order valence-electron chi connectivity index (χ3n) is 20.6. The SMILES string of the molecule is C.CS(C)(C)(=O)I.Cc1ccc(O[C@H]2CCN(c3ccc(-c4ccccc4)cc3C(O)CO)C2)nc1.Cc1ccc(O[C@H]2CCN(c3ccc(-c4ccccc4)cc3C3CO3)C2)nc1.Cc1ccc(O[C@H]2CCN(c3ccc(-c4ccccc4)cc3C=O)C2)nc1.Cc1ccc(O[C@H]2CCN(c3ccc(Br)cc3C=O)C2)nc1.OB(O)c1ccccc1. The van der Waals surface area contributed by atoms with E-state index in [-0.39, 0.29) is 44.6 Å². The van der Waals surface area contributed by atoms with Crippen molar-refractivity contribution in [3.63, 3.8) is 0 Å². The summed E-state index contributed by atoms with van der Waals surface area (Å²) in [5, 5.41) is 37.2. The van der Waals surface area contributed by atoms with Crippen molar-refractivity contribution in [2.45, 2.75) is 97.4 Å². The van der Waals surface area contributed by atoms with Gasteiger partial charge in [-0.25, -0.2) is 19.9 Å². The number of hydrogen-bond donors (Lipinski definition) is 4. The van der Waals surface area contributed by atoms with Crippen LogP contribution in [-0.4, -0.2) is 173 Å². The van der Waals surface area contributed by atoms with E-state index >= 15 is 0 Å². The van der Waals surface area contributed by atoms with Crippen molar-refractivity contribution in [1.29, 1.82) is 0 Å². The average Bonchev–Trinajstić information content (AvgIpc) is 1.48. The molecule has 0 aliphatic carbocycles. The van der Waals surface area contributed by atoms with Gasteiger partial charge in [-0.05, 0) is 162 Å². The largest absolute Gasteiger partial charge is 0.488 e. The molecule has 5 aliphatic heterocycles. The van der Waals surface area contributed by atoms with Gasteiger partial charge in [-0.3, -0.25) is 13.8 Å². The molecule has 0 bridgehead atoms. The Hall–Kier alpha value is -10.7. The van der Waals surface area contributed by atoms with E-state index in [1.165, 1.54) is 22.4 Å². The van der Waals surface area contributed by atoms with Crippen molar-refractivity contribution in [1.82, 2.24) is 19.9 Å². The molecule has 0 saturated carbocycles. The van der Waals surface area contributed by atoms with Crippen molar-refractivity contribution in [3.8, 4) is 56.9 Å². The number of hydrogen-bond acceptors (Lipinski definition) is 20. The number of carbonyl (C=O) groups is 2. The van der Waals surface area contributed by atoms with Crippen LogP contribution in [-0.2, 0) is 11.0 Å². The molecule has 5 saturated heterocycles. The lowest BCUT2D eigenvalue weighted by Gasteiger charge is -2.24. The second-order valence-corrected chi connectivity index (χ2v) is 45.9. The summed E-state index contributed by atoms with van der Waals surface area (Å²) in [5.41, 5.74) is 19.3. The first-order chi connectivity index (χ1) is 58.3. The van der Waals surface area contributed by atoms with Crippen molar-refractivity contribution in [3.05, 3.63) is 316 Å². The summed E-state index contributed by atoms with van der Waals surface area (Å²) in [7, 11) is -1.34. The summed E-state index contributed by atoms with van der Waals surface area (Å²) < 4.78 is 41.4. The number of nitrogens with zero attached hydrogens (tertiary/aromatic N) is 8. The third kappa shape index (κ3) is 27.9. The number of rotatable bonds is 21. The number of ether oxygens (including phenoxy) is 5. The monoisotopic (exact) mass is 1840 g/mol. The molecule has 0 spiro atoms. The van der Waals surface area contributed by atoms with Gasteiger partial charge in [0.15, 0.2) is 12.6 Å². The molecule has 17 rings (SSSR count). The molecule has 4 N–H and O–H groups in total. The van der Waals surface area contributed by atoms with Crippen molar-refractivity contribution in [2.24, 2.45) is 0 Å². The molecule has 6 atom stereocenters. The standard InChI is InChI=1S/C24H26N2O3.C24H24N2O2.C23H22N2O2.C17H17BrN2O2.C6H7BO2.C3H9IOS.CH4/c1-17-7-10-24(25-14-17)29-20-11-12-26(15-20)22-9-8-19(13-21(22)23(28)16-27)18-5-3-2-4-6-18;1-17-7-10-24(25-14-17)28-20-11-12-26(15-20)22-9-8-19(13-21(22)23-16-27-23)18-5-3-2-4-6-18;1-17-7-10-23(24-14-17)27-21-11-12-25(15-21)22-9-8-19(13-20(22)16-26)18-5-3-2-4-6-18;1-12-2-5-17(19-9-12)22-15-6-7-20(10-15)16-4-3-14(18)8-13(16)11-21;8-7(9)6-4-2-1-3-5-6;1-6(2,3,4)5;/h2-10,13-14,20,23,27-28H,11-12,15-16H2,1H3;2-10,13-14,20,23H,11-12,15-16H2,1H3;2-10,13-14,16,21H,11-12,15H2,1H3;2-5,8-9,11,15H,6-7,10H2,1H3;1-5,8-9H;1-3H3;1H4/t2*20-,23?;21-;15-;;;/m0000.../s1. The summed E-state index contributed by atoms with van der Waals surface area (Å²) in [6.07, 6.45) is 15.6. The van der Waals surface area contributed by atoms with Gasteiger partial charge in [0.1, 0.15) is 36.6 Å². The van der Waals surface area contributed by atoms with Crippen LogP contribution in [0.15, 0.2) is 272 Å². The van der Waals surface area contributed by atoms with Crippen LogP contribution < -0.4 is 44.0 Å². The number of benzene rings is 8. The average molecular weight is 1840 g/mol. The molecule has 636 valence electrons. The smallest absolute Gasteiger partial charge is 0.472 e. The quantitative estimate of drug-likeness (QED) is 0.0172. The Bertz CT molecular complexity index is 5360. The first kappa shape index (κ1) is 92.1. The van der Waals surface area contributed by atoms with Crippen molar-refractivity contribution in [2.75, 3.05) is 104 Å². The van der Waals surface area contributed by atoms with Crippen LogP contribution in [0.5, 0.6) is 23.5 Å². The Morgan fingerprint density at radius 1 is 0.459 bits per heavy atom. The highest BCUT2D eigenvalue weighted by Gasteiger charge is 2.34. The van der Waals surface area contributed by atoms with Gasteiger partial charge < -0.3 is 63.5 Å². The van der Waals surface area contributed by atoms with E-state index in [9.17, 15) is 24.0 Å². The highest BCUT2D eigenvalue weighted by molar-refractivity contribution is 14.2. The number of carbonyl (C=O) groups excluding carboxylic acids is 2. The van der Waals surface area contributed by atoms with E-state index < -0.39 is 19.5 Å². The minimum absolute atomic E-state index is 0. The highest BCUT2D eigenvalue weighted by atomic mass is 127. The van der Waals surface area contributed by atoms with Crippen LogP contribution in [0.1, 0.15) is 99.4 Å². The summed E-state index contributed by atoms with van der Waals surface area (Å²) in [6, 6.07) is 79.7. The van der Waals surface area contributed by atoms with Gasteiger partial charge in [0, 0.05) is 172 Å². The number of anilines is 4. The van der Waals surface area contributed by atoms with E-state index in [1.807, 2.05) is 207 Å². The van der Waals surface area contributed by atoms with Crippen LogP contribution in [0.2, 0.25) is 0 Å². The molecule has 5 aliphatic rings. The normalized spacial score (nSPS) is 17.3. The molecule has 9 heterocycles. The Balaban J connectivity index is 0.000000150. The fraction of sp³-hybridized carbons (Fsp3) is 0.286. The second-order valence-electron chi connectivity index (χ2n) is 31.5. The van der Waals surface area contributed by atoms with Crippen LogP contribution >= 0.6 is 37.1 Å². The van der Waals surface area contributed by atoms with Gasteiger partial charge in [0.05, 0.1) is 39.4 Å². The number of aliphatic hydroxyl groups excluding tert-OH is 2. The zero-order valence-corrected chi connectivity index (χ0v) is 73.9. The van der Waals surface area contributed by atoms with E-state index in [0.717, 1.165) is 162 Å². The summed E-state index contributed by atoms with van der Waals surface area (Å²) in [5.74, 6) is 2.66. The number of aliphatic hydroxyl groups is 2. The molecule has 8 aromatic carbocycles. The van der Waals surface area contributed by atoms with E-state index in [4.69, 9.17) is 33.7 Å². The maximum absolute atomic E-state index is 11.7. The van der Waals surface area contributed by atoms with Crippen molar-refractivity contribution < 1.29 is 57.7 Å². The molecule has 0 amide bonds. The maximum Gasteiger partial charge on any atom is 0.488 e. The van der Waals surface area contributed by atoms with Gasteiger partial charge in [0.25, 0.3) is 0 Å². The first-order valence-electron chi connectivity index (χ1n) is 40.6. The number of aromatic nitrogens is 4. The third-order valence-corrected chi connectivity index (χ3v) is 21.1. The molecule has 2 unspecified atom stereocenters. The van der Waals surface area contributed by atoms with Crippen LogP contribution in [0.3, 0.4) is 0 Å². The fourth-order valence-electron chi connectivity index (χ4n) is 14.4. The molecule has 5 fully saturated rings. The number of aldehydes is 2. The number of aryl methyl sites for hydroxylation is 4. The predicted octanol–water partition coefficient (Wildman–Crippen LogP) is 17.7. The first-order valence-corrected chi connectivity index (χ1v) is 47.1. The van der Waals surface area contributed by atoms with Crippen LogP contribution in [0.4, 0.5) is 22.7 Å². The Morgan fingerprint density at radius 2 is 0.779 bits per heavy atom. The topological polar surface area (TPSA) is 246 Å². The maximum atomic E-state index is 11.7. The molecule has 12 aromatic rings. The van der Waals surface area contributed by atoms with Crippen molar-refractivity contribution >= 4 is 91.3 Å². The van der Waals surface area contributed by atoms with Gasteiger partial charge in [-0.2, -0.15) is 0 Å². The molecule has 122 heavy (non-hydrogen) atoms. The summed E-state index contributed by atoms with van der Waals surface area (Å²) >= 11 is 5.36. The van der Waals surface area contributed by atoms with Gasteiger partial charge in [-0.15, -0.1) is 0 Å². The lowest BCUT2D eigenvalue weighted by Crippen LogP contribution is -2.29. The van der Waals surface area contributed by atoms with Crippen LogP contribution in [0.25, 0.3) is 33.4 Å². The molecular weight excluding hydrogens is 1730 g/mol. The Labute approximate surface area is 738 Å². The Morgan fingerprint density at radius 3 is 1.11 bits per heavy atom. The molecule has 20 nitrogen and oxygen atoms in total. The zero-order chi connectivity index (χ0) is 85.4. The molecular formula is C98H109BBrIN8O12S. The number of halogens is 2. The Kier molecular flexibility index (Phi) is 33.1. The minimum atomic E-state index is -2.13. The lowest BCUT2D eigenvalue weighted by atomic mass is 9.81. The lowest BCUT2D eigenvalue weighted by molar-refractivity contribution is 0.0959. The van der Waals surface area contributed by atoms with E-state index in [2.05, 4.69) is 128 Å². The minimum Gasteiger partial charge on any atom is -0.472 e. The van der Waals surface area contributed by atoms with Gasteiger partial charge in [-0.1, -0.05) is 193 Å². The molecule has 24 heteroatoms. The summed E-state index contributed by atoms with van der Waals surface area (Å²) in [4.78, 5) is 49.3. The summed E-state index contributed by atoms with van der Waals surface area (Å²) in [6.45, 7) is 15.2. The fourth-order valence-corrected chi connectivity index (χ4v) is 14.8. The molecule has 0 radical (unpaired) electrons. The number of epoxide rings is 1. The van der Waals surface area contributed by atoms with E-state index in [0.29, 0.717) is 46.7 Å². The predicted molar refractivity (Wildman–Crippen MR) is 505 cm³/mol. The molecule has 4 aromatic heterocycles. The van der Waals surface area contributed by atoms with Crippen LogP contribution in [0, 0.1) is 27.7 Å². The van der Waals surface area contributed by atoms with Gasteiger partial charge >= 0.3 is 7.12 Å². The highest BCUT2D eigenvalue weighted by Crippen LogP contribution is 2.42. The zero-order valence-electron chi connectivity index (χ0n) is 69.3.